The zero-order valence-electron chi connectivity index (χ0n) is 11.3. The minimum atomic E-state index is -1.01. The average Bonchev–Trinajstić information content (AvgIpc) is 2.69. The molecular formula is C14H15NO4S. The highest BCUT2D eigenvalue weighted by Gasteiger charge is 2.33. The van der Waals surface area contributed by atoms with Crippen LogP contribution in [0, 0.1) is 6.92 Å². The number of aromatic carboxylic acids is 1. The van der Waals surface area contributed by atoms with Crippen LogP contribution in [0.4, 0.5) is 5.69 Å². The van der Waals surface area contributed by atoms with E-state index in [-0.39, 0.29) is 21.8 Å². The van der Waals surface area contributed by atoms with Crippen LogP contribution in [-0.4, -0.2) is 33.9 Å². The van der Waals surface area contributed by atoms with E-state index >= 15 is 0 Å². The standard InChI is InChI=1S/C14H15NO4S/c1-8-11(14(18)19)4-3-5-12(8)15-7-10(6-13(15)17)20-9(2)16/h3-5,10H,6-7H2,1-2H3,(H,18,19). The number of carboxylic acids is 1. The smallest absolute Gasteiger partial charge is 0.336 e. The molecule has 1 N–H and O–H groups in total. The summed E-state index contributed by atoms with van der Waals surface area (Å²) in [6.45, 7) is 3.61. The van der Waals surface area contributed by atoms with Crippen molar-refractivity contribution in [1.29, 1.82) is 0 Å². The van der Waals surface area contributed by atoms with Gasteiger partial charge in [-0.25, -0.2) is 4.79 Å². The number of carbonyl (C=O) groups is 3. The fourth-order valence-electron chi connectivity index (χ4n) is 2.37. The van der Waals surface area contributed by atoms with Gasteiger partial charge in [0.25, 0.3) is 0 Å². The highest BCUT2D eigenvalue weighted by atomic mass is 32.2. The fraction of sp³-hybridized carbons (Fsp3) is 0.357. The van der Waals surface area contributed by atoms with E-state index in [1.807, 2.05) is 0 Å². The van der Waals surface area contributed by atoms with Crippen molar-refractivity contribution in [3.8, 4) is 0 Å². The summed E-state index contributed by atoms with van der Waals surface area (Å²) in [5, 5.41) is 9.04. The molecule has 1 amide bonds. The van der Waals surface area contributed by atoms with Crippen molar-refractivity contribution in [1.82, 2.24) is 0 Å². The molecule has 1 heterocycles. The fourth-order valence-corrected chi connectivity index (χ4v) is 3.29. The van der Waals surface area contributed by atoms with Gasteiger partial charge in [0.15, 0.2) is 5.12 Å². The largest absolute Gasteiger partial charge is 0.478 e. The zero-order chi connectivity index (χ0) is 14.9. The molecule has 2 rings (SSSR count). The lowest BCUT2D eigenvalue weighted by Gasteiger charge is -2.19. The second-order valence-electron chi connectivity index (χ2n) is 4.69. The third-order valence-corrected chi connectivity index (χ3v) is 4.23. The Bertz CT molecular complexity index is 585. The molecule has 1 aliphatic heterocycles. The van der Waals surface area contributed by atoms with Crippen molar-refractivity contribution in [2.24, 2.45) is 0 Å². The number of anilines is 1. The van der Waals surface area contributed by atoms with Crippen molar-refractivity contribution in [2.45, 2.75) is 25.5 Å². The van der Waals surface area contributed by atoms with Gasteiger partial charge in [-0.2, -0.15) is 0 Å². The lowest BCUT2D eigenvalue weighted by molar-refractivity contribution is -0.117. The Labute approximate surface area is 121 Å². The Morgan fingerprint density at radius 2 is 2.10 bits per heavy atom. The first-order valence-corrected chi connectivity index (χ1v) is 7.08. The monoisotopic (exact) mass is 293 g/mol. The number of hydrogen-bond acceptors (Lipinski definition) is 4. The molecule has 0 radical (unpaired) electrons. The van der Waals surface area contributed by atoms with Crippen LogP contribution in [0.25, 0.3) is 0 Å². The minimum Gasteiger partial charge on any atom is -0.478 e. The molecule has 1 saturated heterocycles. The molecule has 5 nitrogen and oxygen atoms in total. The van der Waals surface area contributed by atoms with Gasteiger partial charge in [0.2, 0.25) is 5.91 Å². The number of hydrogen-bond donors (Lipinski definition) is 1. The molecule has 0 aliphatic carbocycles. The van der Waals surface area contributed by atoms with Crippen molar-refractivity contribution in [2.75, 3.05) is 11.4 Å². The van der Waals surface area contributed by atoms with Crippen LogP contribution in [0.1, 0.15) is 29.3 Å². The average molecular weight is 293 g/mol. The molecule has 20 heavy (non-hydrogen) atoms. The Balaban J connectivity index is 2.28. The van der Waals surface area contributed by atoms with E-state index in [1.165, 1.54) is 13.0 Å². The van der Waals surface area contributed by atoms with Crippen molar-refractivity contribution < 1.29 is 19.5 Å². The highest BCUT2D eigenvalue weighted by molar-refractivity contribution is 8.14. The third-order valence-electron chi connectivity index (χ3n) is 3.25. The SMILES string of the molecule is CC(=O)SC1CC(=O)N(c2cccc(C(=O)O)c2C)C1. The molecule has 1 aromatic rings. The summed E-state index contributed by atoms with van der Waals surface area (Å²) in [5.74, 6) is -1.08. The van der Waals surface area contributed by atoms with E-state index in [4.69, 9.17) is 5.11 Å². The molecule has 1 fully saturated rings. The lowest BCUT2D eigenvalue weighted by Crippen LogP contribution is -2.26. The number of carboxylic acid groups (broad SMARTS) is 1. The predicted molar refractivity (Wildman–Crippen MR) is 77.2 cm³/mol. The first-order chi connectivity index (χ1) is 9.40. The maximum Gasteiger partial charge on any atom is 0.336 e. The van der Waals surface area contributed by atoms with Crippen molar-refractivity contribution >= 4 is 34.4 Å². The maximum atomic E-state index is 12.1. The Morgan fingerprint density at radius 1 is 1.40 bits per heavy atom. The first kappa shape index (κ1) is 14.6. The predicted octanol–water partition coefficient (Wildman–Crippen LogP) is 2.08. The second-order valence-corrected chi connectivity index (χ2v) is 6.17. The quantitative estimate of drug-likeness (QED) is 0.923. The van der Waals surface area contributed by atoms with Gasteiger partial charge < -0.3 is 10.0 Å². The van der Waals surface area contributed by atoms with Crippen LogP contribution in [0.5, 0.6) is 0 Å². The molecule has 1 atom stereocenters. The van der Waals surface area contributed by atoms with Crippen LogP contribution in [-0.2, 0) is 9.59 Å². The van der Waals surface area contributed by atoms with Gasteiger partial charge in [0, 0.05) is 30.8 Å². The summed E-state index contributed by atoms with van der Waals surface area (Å²) in [5.41, 5.74) is 1.38. The summed E-state index contributed by atoms with van der Waals surface area (Å²) in [6, 6.07) is 4.88. The van der Waals surface area contributed by atoms with Crippen molar-refractivity contribution in [3.63, 3.8) is 0 Å². The zero-order valence-corrected chi connectivity index (χ0v) is 12.1. The van der Waals surface area contributed by atoms with Crippen molar-refractivity contribution in [3.05, 3.63) is 29.3 Å². The van der Waals surface area contributed by atoms with Gasteiger partial charge >= 0.3 is 5.97 Å². The van der Waals surface area contributed by atoms with E-state index in [9.17, 15) is 14.4 Å². The maximum absolute atomic E-state index is 12.1. The highest BCUT2D eigenvalue weighted by Crippen LogP contribution is 2.31. The number of nitrogens with zero attached hydrogens (tertiary/aromatic N) is 1. The van der Waals surface area contributed by atoms with E-state index < -0.39 is 5.97 Å². The van der Waals surface area contributed by atoms with Gasteiger partial charge in [0.05, 0.1) is 5.56 Å². The molecule has 0 spiro atoms. The summed E-state index contributed by atoms with van der Waals surface area (Å²) in [4.78, 5) is 35.9. The van der Waals surface area contributed by atoms with E-state index in [0.717, 1.165) is 11.8 Å². The molecule has 0 aromatic heterocycles. The number of carbonyl (C=O) groups excluding carboxylic acids is 2. The molecule has 0 saturated carbocycles. The summed E-state index contributed by atoms with van der Waals surface area (Å²) < 4.78 is 0. The number of thioether (sulfide) groups is 1. The minimum absolute atomic E-state index is 0.0133. The first-order valence-electron chi connectivity index (χ1n) is 6.20. The molecule has 1 aromatic carbocycles. The van der Waals surface area contributed by atoms with Crippen LogP contribution in [0.15, 0.2) is 18.2 Å². The van der Waals surface area contributed by atoms with Gasteiger partial charge in [-0.1, -0.05) is 17.8 Å². The van der Waals surface area contributed by atoms with Gasteiger partial charge in [0.1, 0.15) is 0 Å². The van der Waals surface area contributed by atoms with Gasteiger partial charge in [-0.3, -0.25) is 9.59 Å². The van der Waals surface area contributed by atoms with Crippen LogP contribution < -0.4 is 4.90 Å². The van der Waals surface area contributed by atoms with Gasteiger partial charge in [-0.15, -0.1) is 0 Å². The van der Waals surface area contributed by atoms with E-state index in [2.05, 4.69) is 0 Å². The molecule has 0 bridgehead atoms. The third kappa shape index (κ3) is 2.85. The molecule has 6 heteroatoms. The Morgan fingerprint density at radius 3 is 2.70 bits per heavy atom. The second kappa shape index (κ2) is 5.66. The van der Waals surface area contributed by atoms with Gasteiger partial charge in [-0.05, 0) is 24.6 Å². The van der Waals surface area contributed by atoms with Crippen LogP contribution in [0.2, 0.25) is 0 Å². The molecular weight excluding hydrogens is 278 g/mol. The van der Waals surface area contributed by atoms with E-state index in [0.29, 0.717) is 24.2 Å². The number of amides is 1. The Kier molecular flexibility index (Phi) is 4.13. The Hall–Kier alpha value is -1.82. The topological polar surface area (TPSA) is 74.7 Å². The van der Waals surface area contributed by atoms with E-state index in [1.54, 1.807) is 24.0 Å². The number of benzene rings is 1. The summed E-state index contributed by atoms with van der Waals surface area (Å²) >= 11 is 1.16. The van der Waals surface area contributed by atoms with Crippen LogP contribution >= 0.6 is 11.8 Å². The summed E-state index contributed by atoms with van der Waals surface area (Å²) in [6.07, 6.45) is 0.307. The normalized spacial score (nSPS) is 18.4. The summed E-state index contributed by atoms with van der Waals surface area (Å²) in [7, 11) is 0. The lowest BCUT2D eigenvalue weighted by atomic mass is 10.1. The number of rotatable bonds is 3. The molecule has 106 valence electrons. The molecule has 1 unspecified atom stereocenters. The van der Waals surface area contributed by atoms with Crippen LogP contribution in [0.3, 0.4) is 0 Å². The molecule has 1 aliphatic rings.